The van der Waals surface area contributed by atoms with E-state index < -0.39 is 0 Å². The van der Waals surface area contributed by atoms with E-state index in [-0.39, 0.29) is 5.75 Å². The molecule has 0 bridgehead atoms. The van der Waals surface area contributed by atoms with Crippen molar-refractivity contribution < 1.29 is 5.11 Å². The number of phenols is 1. The number of thioether (sulfide) groups is 1. The molecule has 3 rings (SSSR count). The third-order valence-corrected chi connectivity index (χ3v) is 4.42. The lowest BCUT2D eigenvalue weighted by Gasteiger charge is -2.03. The van der Waals surface area contributed by atoms with Gasteiger partial charge in [0.05, 0.1) is 11.1 Å². The van der Waals surface area contributed by atoms with E-state index in [1.54, 1.807) is 35.2 Å². The van der Waals surface area contributed by atoms with Crippen molar-refractivity contribution in [2.24, 2.45) is 0 Å². The van der Waals surface area contributed by atoms with Gasteiger partial charge in [0.2, 0.25) is 0 Å². The number of nitrogens with zero attached hydrogens (tertiary/aromatic N) is 2. The molecule has 3 N–H and O–H groups in total. The molecule has 19 heavy (non-hydrogen) atoms. The van der Waals surface area contributed by atoms with Crippen molar-refractivity contribution in [2.75, 3.05) is 5.73 Å². The molecule has 0 saturated heterocycles. The topological polar surface area (TPSA) is 72.0 Å². The predicted molar refractivity (Wildman–Crippen MR) is 79.5 cm³/mol. The lowest BCUT2D eigenvalue weighted by molar-refractivity contribution is 0.475. The van der Waals surface area contributed by atoms with E-state index in [0.29, 0.717) is 11.6 Å². The van der Waals surface area contributed by atoms with Crippen LogP contribution in [0.1, 0.15) is 5.82 Å². The van der Waals surface area contributed by atoms with E-state index in [4.69, 9.17) is 5.73 Å². The molecule has 4 nitrogen and oxygen atoms in total. The number of anilines is 1. The van der Waals surface area contributed by atoms with Crippen LogP contribution in [0.3, 0.4) is 0 Å². The first-order chi connectivity index (χ1) is 9.22. The van der Waals surface area contributed by atoms with E-state index in [1.807, 2.05) is 23.6 Å². The maximum absolute atomic E-state index is 9.22. The van der Waals surface area contributed by atoms with Gasteiger partial charge in [0.1, 0.15) is 22.2 Å². The number of nitrogens with two attached hydrogens (primary N) is 1. The number of hydrogen-bond donors (Lipinski definition) is 2. The maximum Gasteiger partial charge on any atom is 0.142 e. The molecular formula is C13H11N3OS2. The normalized spacial score (nSPS) is 10.9. The fourth-order valence-corrected chi connectivity index (χ4v) is 3.22. The SMILES string of the molecule is Nc1nc(CSc2ccc(O)cc2)nc2sccc12. The van der Waals surface area contributed by atoms with Crippen LogP contribution in [-0.4, -0.2) is 15.1 Å². The van der Waals surface area contributed by atoms with Gasteiger partial charge >= 0.3 is 0 Å². The van der Waals surface area contributed by atoms with Crippen LogP contribution in [0, 0.1) is 0 Å². The van der Waals surface area contributed by atoms with Crippen LogP contribution in [0.5, 0.6) is 5.75 Å². The summed E-state index contributed by atoms with van der Waals surface area (Å²) in [5.74, 6) is 2.19. The average molecular weight is 289 g/mol. The lowest BCUT2D eigenvalue weighted by atomic mass is 10.3. The number of hydrogen-bond acceptors (Lipinski definition) is 6. The zero-order chi connectivity index (χ0) is 13.2. The first kappa shape index (κ1) is 12.3. The van der Waals surface area contributed by atoms with Gasteiger partial charge in [0.25, 0.3) is 0 Å². The minimum absolute atomic E-state index is 0.268. The van der Waals surface area contributed by atoms with Crippen molar-refractivity contribution in [3.8, 4) is 5.75 Å². The van der Waals surface area contributed by atoms with Gasteiger partial charge in [-0.15, -0.1) is 23.1 Å². The molecule has 2 heterocycles. The highest BCUT2D eigenvalue weighted by Crippen LogP contribution is 2.27. The van der Waals surface area contributed by atoms with Crippen LogP contribution in [-0.2, 0) is 5.75 Å². The van der Waals surface area contributed by atoms with E-state index in [2.05, 4.69) is 9.97 Å². The van der Waals surface area contributed by atoms with Crippen molar-refractivity contribution in [1.29, 1.82) is 0 Å². The molecule has 0 amide bonds. The Balaban J connectivity index is 1.79. The number of aromatic hydroxyl groups is 1. The molecule has 3 aromatic rings. The van der Waals surface area contributed by atoms with Crippen LogP contribution < -0.4 is 5.73 Å². The zero-order valence-corrected chi connectivity index (χ0v) is 11.5. The van der Waals surface area contributed by atoms with E-state index >= 15 is 0 Å². The van der Waals surface area contributed by atoms with Crippen LogP contribution in [0.4, 0.5) is 5.82 Å². The minimum Gasteiger partial charge on any atom is -0.508 e. The Morgan fingerprint density at radius 3 is 2.74 bits per heavy atom. The summed E-state index contributed by atoms with van der Waals surface area (Å²) in [7, 11) is 0. The molecule has 0 saturated carbocycles. The third kappa shape index (κ3) is 2.64. The second-order valence-electron chi connectivity index (χ2n) is 3.95. The highest BCUT2D eigenvalue weighted by molar-refractivity contribution is 7.98. The fourth-order valence-electron chi connectivity index (χ4n) is 1.68. The van der Waals surface area contributed by atoms with E-state index in [0.717, 1.165) is 20.9 Å². The molecular weight excluding hydrogens is 278 g/mol. The molecule has 0 aliphatic rings. The van der Waals surface area contributed by atoms with E-state index in [1.165, 1.54) is 0 Å². The van der Waals surface area contributed by atoms with Crippen molar-refractivity contribution in [3.05, 3.63) is 41.5 Å². The number of benzene rings is 1. The third-order valence-electron chi connectivity index (χ3n) is 2.61. The van der Waals surface area contributed by atoms with Crippen LogP contribution >= 0.6 is 23.1 Å². The quantitative estimate of drug-likeness (QED) is 0.724. The Morgan fingerprint density at radius 2 is 1.95 bits per heavy atom. The Labute approximate surface area is 118 Å². The van der Waals surface area contributed by atoms with Crippen LogP contribution in [0.25, 0.3) is 10.2 Å². The largest absolute Gasteiger partial charge is 0.508 e. The van der Waals surface area contributed by atoms with Crippen molar-refractivity contribution in [3.63, 3.8) is 0 Å². The van der Waals surface area contributed by atoms with Crippen molar-refractivity contribution in [1.82, 2.24) is 9.97 Å². The summed E-state index contributed by atoms with van der Waals surface area (Å²) in [6, 6.07) is 9.01. The summed E-state index contributed by atoms with van der Waals surface area (Å²) in [4.78, 5) is 10.8. The zero-order valence-electron chi connectivity index (χ0n) is 9.91. The molecule has 96 valence electrons. The molecule has 0 radical (unpaired) electrons. The Morgan fingerprint density at radius 1 is 1.16 bits per heavy atom. The van der Waals surface area contributed by atoms with Crippen LogP contribution in [0.2, 0.25) is 0 Å². The van der Waals surface area contributed by atoms with Crippen molar-refractivity contribution >= 4 is 39.1 Å². The standard InChI is InChI=1S/C13H11N3OS2/c14-12-10-5-6-18-13(10)16-11(15-12)7-19-9-3-1-8(17)2-4-9/h1-6,17H,7H2,(H2,14,15,16). The summed E-state index contributed by atoms with van der Waals surface area (Å²) in [5, 5.41) is 12.1. The lowest BCUT2D eigenvalue weighted by Crippen LogP contribution is -1.98. The second kappa shape index (κ2) is 5.07. The number of thiophene rings is 1. The predicted octanol–water partition coefficient (Wildman–Crippen LogP) is 3.27. The van der Waals surface area contributed by atoms with Crippen molar-refractivity contribution in [2.45, 2.75) is 10.6 Å². The molecule has 0 atom stereocenters. The van der Waals surface area contributed by atoms with Crippen LogP contribution in [0.15, 0.2) is 40.6 Å². The molecule has 1 aromatic carbocycles. The molecule has 0 spiro atoms. The summed E-state index contributed by atoms with van der Waals surface area (Å²) in [5.41, 5.74) is 5.90. The average Bonchev–Trinajstić information content (AvgIpc) is 2.87. The monoisotopic (exact) mass is 289 g/mol. The smallest absolute Gasteiger partial charge is 0.142 e. The first-order valence-electron chi connectivity index (χ1n) is 5.64. The summed E-state index contributed by atoms with van der Waals surface area (Å²) >= 11 is 3.18. The van der Waals surface area contributed by atoms with Gasteiger partial charge in [-0.1, -0.05) is 0 Å². The highest BCUT2D eigenvalue weighted by Gasteiger charge is 2.06. The molecule has 0 fully saturated rings. The molecule has 6 heteroatoms. The fraction of sp³-hybridized carbons (Fsp3) is 0.0769. The second-order valence-corrected chi connectivity index (χ2v) is 5.89. The first-order valence-corrected chi connectivity index (χ1v) is 7.50. The summed E-state index contributed by atoms with van der Waals surface area (Å²) in [6.07, 6.45) is 0. The Kier molecular flexibility index (Phi) is 3.27. The summed E-state index contributed by atoms with van der Waals surface area (Å²) < 4.78 is 0. The van der Waals surface area contributed by atoms with Gasteiger partial charge in [-0.2, -0.15) is 0 Å². The van der Waals surface area contributed by atoms with Gasteiger partial charge < -0.3 is 10.8 Å². The number of phenolic OH excluding ortho intramolecular Hbond substituents is 1. The summed E-state index contributed by atoms with van der Waals surface area (Å²) in [6.45, 7) is 0. The van der Waals surface area contributed by atoms with Gasteiger partial charge in [0.15, 0.2) is 0 Å². The molecule has 2 aromatic heterocycles. The van der Waals surface area contributed by atoms with Gasteiger partial charge in [-0.05, 0) is 35.7 Å². The molecule has 0 aliphatic heterocycles. The minimum atomic E-state index is 0.268. The molecule has 0 aliphatic carbocycles. The van der Waals surface area contributed by atoms with E-state index in [9.17, 15) is 5.11 Å². The number of aromatic nitrogens is 2. The number of rotatable bonds is 3. The highest BCUT2D eigenvalue weighted by atomic mass is 32.2. The molecule has 0 unspecified atom stereocenters. The Hall–Kier alpha value is -1.79. The maximum atomic E-state index is 9.22. The van der Waals surface area contributed by atoms with Gasteiger partial charge in [-0.3, -0.25) is 0 Å². The Bertz CT molecular complexity index is 709. The van der Waals surface area contributed by atoms with Gasteiger partial charge in [-0.25, -0.2) is 9.97 Å². The number of nitrogen functional groups attached to an aromatic ring is 1. The number of fused-ring (bicyclic) bond motifs is 1. The van der Waals surface area contributed by atoms with Gasteiger partial charge in [0, 0.05) is 4.90 Å².